The molecular weight excluding hydrogens is 524 g/mol. The molecule has 0 saturated heterocycles. The van der Waals surface area contributed by atoms with Crippen molar-refractivity contribution in [1.29, 1.82) is 0 Å². The number of aromatic nitrogens is 2. The van der Waals surface area contributed by atoms with E-state index in [4.69, 9.17) is 10.5 Å². The van der Waals surface area contributed by atoms with Crippen molar-refractivity contribution in [2.24, 2.45) is 16.6 Å². The summed E-state index contributed by atoms with van der Waals surface area (Å²) in [5, 5.41) is 14.6. The van der Waals surface area contributed by atoms with E-state index in [0.717, 1.165) is 39.7 Å². The van der Waals surface area contributed by atoms with Crippen molar-refractivity contribution in [3.63, 3.8) is 0 Å². The van der Waals surface area contributed by atoms with Gasteiger partial charge >= 0.3 is 0 Å². The van der Waals surface area contributed by atoms with Gasteiger partial charge in [0.25, 0.3) is 11.6 Å². The van der Waals surface area contributed by atoms with Gasteiger partial charge in [-0.25, -0.2) is 4.98 Å². The van der Waals surface area contributed by atoms with Crippen LogP contribution in [0, 0.1) is 16.0 Å². The molecule has 3 heterocycles. The fraction of sp³-hybridized carbons (Fsp3) is 0.318. The first-order chi connectivity index (χ1) is 16.3. The van der Waals surface area contributed by atoms with Crippen LogP contribution in [-0.4, -0.2) is 39.9 Å². The topological polar surface area (TPSA) is 138 Å². The van der Waals surface area contributed by atoms with Gasteiger partial charge in [0.1, 0.15) is 4.88 Å². The van der Waals surface area contributed by atoms with Crippen LogP contribution in [0.25, 0.3) is 16.6 Å². The molecule has 4 rings (SSSR count). The minimum absolute atomic E-state index is 0.152. The molecule has 1 atom stereocenters. The summed E-state index contributed by atoms with van der Waals surface area (Å²) in [5.74, 6) is 0.357. The number of thiophene rings is 1. The molecule has 3 aromatic rings. The zero-order chi connectivity index (χ0) is 24.4. The Morgan fingerprint density at radius 3 is 2.94 bits per heavy atom. The third-order valence-corrected chi connectivity index (χ3v) is 7.14. The number of anilines is 1. The number of halogens is 1. The summed E-state index contributed by atoms with van der Waals surface area (Å²) in [6.45, 7) is 3.13. The second-order valence-electron chi connectivity index (χ2n) is 7.92. The second kappa shape index (κ2) is 9.94. The van der Waals surface area contributed by atoms with Crippen molar-refractivity contribution in [1.82, 2.24) is 9.55 Å². The molecule has 1 aromatic carbocycles. The summed E-state index contributed by atoms with van der Waals surface area (Å²) in [4.78, 5) is 33.5. The van der Waals surface area contributed by atoms with E-state index in [-0.39, 0.29) is 32.8 Å². The standard InChI is InChI=1S/C22H23BrN6O4S/c1-12-4-3-7-33-21(25-2)14(10-24)19-17(29(31)32)9-18(34-19)20(30)27-22-26-15-6-5-13(23)8-16(15)28(22)11-12/h5-6,8-10,12H,3-4,7,11,24H2,1-2H3,(H,26,27,30)/t12-/m1/s1. The fourth-order valence-corrected chi connectivity index (χ4v) is 5.26. The van der Waals surface area contributed by atoms with Gasteiger partial charge in [0.2, 0.25) is 11.8 Å². The van der Waals surface area contributed by atoms with Gasteiger partial charge in [-0.1, -0.05) is 22.9 Å². The molecule has 178 valence electrons. The van der Waals surface area contributed by atoms with Crippen LogP contribution in [0.2, 0.25) is 0 Å². The van der Waals surface area contributed by atoms with Crippen LogP contribution in [-0.2, 0) is 11.3 Å². The van der Waals surface area contributed by atoms with Gasteiger partial charge in [-0.05, 0) is 37.0 Å². The molecule has 0 aliphatic carbocycles. The van der Waals surface area contributed by atoms with Gasteiger partial charge < -0.3 is 15.0 Å². The molecule has 2 aromatic heterocycles. The molecule has 12 heteroatoms. The van der Waals surface area contributed by atoms with E-state index < -0.39 is 10.8 Å². The molecule has 1 aliphatic rings. The molecule has 0 saturated carbocycles. The first kappa shape index (κ1) is 23.9. The molecule has 1 aliphatic heterocycles. The largest absolute Gasteiger partial charge is 0.477 e. The number of amides is 1. The number of rotatable bonds is 1. The van der Waals surface area contributed by atoms with Crippen molar-refractivity contribution >= 4 is 67.3 Å². The number of ether oxygens (including phenoxy) is 1. The zero-order valence-electron chi connectivity index (χ0n) is 18.6. The first-order valence-electron chi connectivity index (χ1n) is 10.6. The van der Waals surface area contributed by atoms with Crippen molar-refractivity contribution < 1.29 is 14.5 Å². The lowest BCUT2D eigenvalue weighted by atomic mass is 10.1. The van der Waals surface area contributed by atoms with Crippen molar-refractivity contribution in [2.45, 2.75) is 26.3 Å². The van der Waals surface area contributed by atoms with E-state index >= 15 is 0 Å². The van der Waals surface area contributed by atoms with Crippen molar-refractivity contribution in [3.05, 3.63) is 54.8 Å². The Balaban J connectivity index is 1.84. The van der Waals surface area contributed by atoms with Crippen LogP contribution in [0.15, 0.2) is 39.9 Å². The van der Waals surface area contributed by atoms with E-state index in [2.05, 4.69) is 38.1 Å². The maximum atomic E-state index is 13.2. The number of nitrogens with one attached hydrogen (secondary N) is 1. The highest BCUT2D eigenvalue weighted by Gasteiger charge is 2.29. The SMILES string of the molecule is CN=C1OCCC[C@@H](C)Cn2c(nc3ccc(Br)cc32)NC(=O)c2cc([N+](=O)[O-])c(s2)C1=CN. The molecular formula is C22H23BrN6O4S. The van der Waals surface area contributed by atoms with Crippen LogP contribution in [0.5, 0.6) is 0 Å². The summed E-state index contributed by atoms with van der Waals surface area (Å²) < 4.78 is 8.72. The Morgan fingerprint density at radius 2 is 2.24 bits per heavy atom. The van der Waals surface area contributed by atoms with Crippen LogP contribution in [0.3, 0.4) is 0 Å². The highest BCUT2D eigenvalue weighted by molar-refractivity contribution is 9.10. The number of carbonyl (C=O) groups excluding carboxylic acids is 1. The Kier molecular flexibility index (Phi) is 6.98. The number of nitro groups is 1. The third-order valence-electron chi connectivity index (χ3n) is 5.49. The number of hydrogen-bond acceptors (Lipinski definition) is 8. The lowest BCUT2D eigenvalue weighted by Crippen LogP contribution is -2.17. The number of imidazole rings is 1. The number of hydrogen-bond donors (Lipinski definition) is 2. The number of benzene rings is 1. The predicted molar refractivity (Wildman–Crippen MR) is 136 cm³/mol. The van der Waals surface area contributed by atoms with Crippen LogP contribution in [0.1, 0.15) is 34.3 Å². The fourth-order valence-electron chi connectivity index (χ4n) is 3.87. The minimum Gasteiger partial charge on any atom is -0.477 e. The first-order valence-corrected chi connectivity index (χ1v) is 12.2. The Hall–Kier alpha value is -3.25. The zero-order valence-corrected chi connectivity index (χ0v) is 21.0. The quantitative estimate of drug-likeness (QED) is 0.332. The lowest BCUT2D eigenvalue weighted by molar-refractivity contribution is -0.384. The third kappa shape index (κ3) is 4.68. The summed E-state index contributed by atoms with van der Waals surface area (Å²) in [7, 11) is 1.53. The van der Waals surface area contributed by atoms with Gasteiger partial charge in [-0.2, -0.15) is 0 Å². The number of nitrogens with two attached hydrogens (primary N) is 1. The molecule has 0 radical (unpaired) electrons. The number of fused-ring (bicyclic) bond motifs is 5. The average Bonchev–Trinajstić information content (AvgIpc) is 3.38. The molecule has 10 nitrogen and oxygen atoms in total. The van der Waals surface area contributed by atoms with E-state index in [0.29, 0.717) is 19.1 Å². The monoisotopic (exact) mass is 546 g/mol. The van der Waals surface area contributed by atoms with Crippen LogP contribution < -0.4 is 11.1 Å². The minimum atomic E-state index is -0.545. The Morgan fingerprint density at radius 1 is 1.44 bits per heavy atom. The summed E-state index contributed by atoms with van der Waals surface area (Å²) >= 11 is 4.46. The smallest absolute Gasteiger partial charge is 0.288 e. The summed E-state index contributed by atoms with van der Waals surface area (Å²) in [6.07, 6.45) is 2.82. The summed E-state index contributed by atoms with van der Waals surface area (Å²) in [5.41, 5.74) is 7.47. The van der Waals surface area contributed by atoms with Gasteiger partial charge in [0.15, 0.2) is 0 Å². The van der Waals surface area contributed by atoms with Gasteiger partial charge in [0.05, 0.1) is 33.0 Å². The highest BCUT2D eigenvalue weighted by Crippen LogP contribution is 2.36. The highest BCUT2D eigenvalue weighted by atomic mass is 79.9. The van der Waals surface area contributed by atoms with E-state index in [9.17, 15) is 14.9 Å². The Labute approximate surface area is 207 Å². The van der Waals surface area contributed by atoms with Crippen LogP contribution >= 0.6 is 27.3 Å². The molecule has 34 heavy (non-hydrogen) atoms. The second-order valence-corrected chi connectivity index (χ2v) is 9.89. The van der Waals surface area contributed by atoms with Gasteiger partial charge in [-0.15, -0.1) is 11.3 Å². The maximum Gasteiger partial charge on any atom is 0.288 e. The average molecular weight is 547 g/mol. The lowest BCUT2D eigenvalue weighted by Gasteiger charge is -2.16. The van der Waals surface area contributed by atoms with Crippen molar-refractivity contribution in [2.75, 3.05) is 19.0 Å². The molecule has 0 fully saturated rings. The number of nitrogens with zero attached hydrogens (tertiary/aromatic N) is 4. The number of carbonyl (C=O) groups is 1. The van der Waals surface area contributed by atoms with Gasteiger partial charge in [0, 0.05) is 30.3 Å². The Bertz CT molecular complexity index is 1330. The molecule has 2 bridgehead atoms. The van der Waals surface area contributed by atoms with Gasteiger partial charge in [-0.3, -0.25) is 25.2 Å². The normalized spacial score (nSPS) is 19.9. The van der Waals surface area contributed by atoms with Crippen molar-refractivity contribution in [3.8, 4) is 0 Å². The molecule has 0 spiro atoms. The molecule has 1 amide bonds. The molecule has 3 N–H and O–H groups in total. The van der Waals surface area contributed by atoms with E-state index in [1.54, 1.807) is 0 Å². The van der Waals surface area contributed by atoms with Crippen LogP contribution in [0.4, 0.5) is 11.6 Å². The maximum absolute atomic E-state index is 13.2. The van der Waals surface area contributed by atoms with E-state index in [1.165, 1.54) is 19.3 Å². The summed E-state index contributed by atoms with van der Waals surface area (Å²) in [6, 6.07) is 6.96. The predicted octanol–water partition coefficient (Wildman–Crippen LogP) is 4.80. The molecule has 0 unspecified atom stereocenters. The number of aliphatic imine (C=N–C) groups is 1. The van der Waals surface area contributed by atoms with E-state index in [1.807, 2.05) is 22.8 Å².